The summed E-state index contributed by atoms with van der Waals surface area (Å²) in [6, 6.07) is -0.331. The van der Waals surface area contributed by atoms with Crippen LogP contribution in [0.3, 0.4) is 0 Å². The van der Waals surface area contributed by atoms with Gasteiger partial charge < -0.3 is 5.32 Å². The summed E-state index contributed by atoms with van der Waals surface area (Å²) in [5, 5.41) is 2.67. The minimum Gasteiger partial charge on any atom is -0.324 e. The number of quaternary nitrogens is 1. The smallest absolute Gasteiger partial charge is 0.324 e. The second-order valence-corrected chi connectivity index (χ2v) is 5.82. The van der Waals surface area contributed by atoms with Crippen molar-refractivity contribution in [3.63, 3.8) is 0 Å². The highest BCUT2D eigenvalue weighted by molar-refractivity contribution is 6.06. The lowest BCUT2D eigenvalue weighted by Gasteiger charge is -2.32. The lowest BCUT2D eigenvalue weighted by Crippen LogP contribution is -2.45. The van der Waals surface area contributed by atoms with E-state index in [1.165, 1.54) is 4.90 Å². The lowest BCUT2D eigenvalue weighted by atomic mass is 10.1. The highest BCUT2D eigenvalue weighted by atomic mass is 16.2. The van der Waals surface area contributed by atoms with Crippen LogP contribution in [0.25, 0.3) is 0 Å². The van der Waals surface area contributed by atoms with Gasteiger partial charge in [0.05, 0.1) is 12.7 Å². The van der Waals surface area contributed by atoms with Crippen LogP contribution in [0.15, 0.2) is 25.4 Å². The van der Waals surface area contributed by atoms with Crippen molar-refractivity contribution >= 4 is 11.9 Å². The Balaban J connectivity index is 2.65. The second kappa shape index (κ2) is 6.59. The fourth-order valence-electron chi connectivity index (χ4n) is 2.47. The number of nitrogens with zero attached hydrogens (tertiary/aromatic N) is 2. The van der Waals surface area contributed by atoms with Crippen molar-refractivity contribution in [1.29, 1.82) is 0 Å². The number of hydrogen-bond acceptors (Lipinski definition) is 2. The number of imide groups is 1. The van der Waals surface area contributed by atoms with Gasteiger partial charge in [0.1, 0.15) is 18.6 Å². The molecule has 1 heterocycles. The summed E-state index contributed by atoms with van der Waals surface area (Å²) in [5.41, 5.74) is -0.818. The summed E-state index contributed by atoms with van der Waals surface area (Å²) >= 11 is 0. The molecule has 5 heteroatoms. The van der Waals surface area contributed by atoms with Gasteiger partial charge in [0.2, 0.25) is 0 Å². The van der Waals surface area contributed by atoms with Crippen LogP contribution < -0.4 is 5.32 Å². The summed E-state index contributed by atoms with van der Waals surface area (Å²) < 4.78 is 0.507. The number of hydrogen-bond donors (Lipinski definition) is 1. The van der Waals surface area contributed by atoms with Gasteiger partial charge in [-0.1, -0.05) is 6.58 Å². The predicted octanol–water partition coefficient (Wildman–Crippen LogP) is 1.49. The standard InChI is InChI=1S/C16H23N3O2/c1-6-11-19(8-3,12-7-2)13-9-10-18-14(20)16(4,5)17-15(18)21/h1,7-8H,2-3,9-13H2,4-5H3/p+1. The largest absolute Gasteiger partial charge is 0.325 e. The van der Waals surface area contributed by atoms with Crippen molar-refractivity contribution in [3.8, 4) is 12.3 Å². The van der Waals surface area contributed by atoms with Crippen molar-refractivity contribution in [2.45, 2.75) is 25.8 Å². The third-order valence-electron chi connectivity index (χ3n) is 3.72. The van der Waals surface area contributed by atoms with Crippen LogP contribution in [-0.4, -0.2) is 53.0 Å². The van der Waals surface area contributed by atoms with Gasteiger partial charge in [-0.15, -0.1) is 6.42 Å². The van der Waals surface area contributed by atoms with E-state index in [9.17, 15) is 9.59 Å². The van der Waals surface area contributed by atoms with Crippen molar-refractivity contribution in [1.82, 2.24) is 10.2 Å². The van der Waals surface area contributed by atoms with E-state index >= 15 is 0 Å². The average Bonchev–Trinajstić information content (AvgIpc) is 2.60. The predicted molar refractivity (Wildman–Crippen MR) is 83.0 cm³/mol. The maximum absolute atomic E-state index is 12.1. The highest BCUT2D eigenvalue weighted by Gasteiger charge is 2.44. The molecule has 0 bridgehead atoms. The first-order chi connectivity index (χ1) is 9.82. The Morgan fingerprint density at radius 2 is 2.10 bits per heavy atom. The van der Waals surface area contributed by atoms with Crippen LogP contribution in [0.4, 0.5) is 4.79 Å². The number of rotatable bonds is 8. The number of carbonyl (C=O) groups is 2. The molecule has 0 radical (unpaired) electrons. The first-order valence-electron chi connectivity index (χ1n) is 7.00. The summed E-state index contributed by atoms with van der Waals surface area (Å²) in [4.78, 5) is 25.1. The van der Waals surface area contributed by atoms with Crippen molar-refractivity contribution in [2.24, 2.45) is 0 Å². The molecule has 1 rings (SSSR count). The summed E-state index contributed by atoms with van der Waals surface area (Å²) in [6.45, 7) is 13.3. The summed E-state index contributed by atoms with van der Waals surface area (Å²) in [7, 11) is 0. The van der Waals surface area contributed by atoms with Crippen LogP contribution in [0.5, 0.6) is 0 Å². The molecule has 21 heavy (non-hydrogen) atoms. The van der Waals surface area contributed by atoms with Crippen LogP contribution in [0, 0.1) is 12.3 Å². The Labute approximate surface area is 126 Å². The molecular weight excluding hydrogens is 266 g/mol. The minimum atomic E-state index is -0.818. The Hall–Kier alpha value is -2.06. The molecule has 0 aromatic carbocycles. The van der Waals surface area contributed by atoms with Gasteiger partial charge in [-0.3, -0.25) is 14.2 Å². The van der Waals surface area contributed by atoms with Gasteiger partial charge in [0.15, 0.2) is 0 Å². The Morgan fingerprint density at radius 1 is 1.43 bits per heavy atom. The SMILES string of the molecule is C#CC[N+](C=C)(CC=C)CCCN1C(=O)NC(C)(C)C1=O. The van der Waals surface area contributed by atoms with E-state index in [4.69, 9.17) is 6.42 Å². The van der Waals surface area contributed by atoms with Crippen LogP contribution in [0.1, 0.15) is 20.3 Å². The van der Waals surface area contributed by atoms with E-state index in [2.05, 4.69) is 24.4 Å². The third kappa shape index (κ3) is 3.73. The molecule has 1 saturated heterocycles. The molecular formula is C16H24N3O2+. The molecule has 114 valence electrons. The zero-order chi connectivity index (χ0) is 16.1. The monoisotopic (exact) mass is 290 g/mol. The van der Waals surface area contributed by atoms with E-state index < -0.39 is 5.54 Å². The third-order valence-corrected chi connectivity index (χ3v) is 3.72. The molecule has 1 atom stereocenters. The molecule has 1 N–H and O–H groups in total. The zero-order valence-corrected chi connectivity index (χ0v) is 12.9. The number of amides is 3. The molecule has 1 fully saturated rings. The van der Waals surface area contributed by atoms with Gasteiger partial charge in [-0.05, 0) is 32.4 Å². The van der Waals surface area contributed by atoms with E-state index in [-0.39, 0.29) is 11.9 Å². The van der Waals surface area contributed by atoms with E-state index in [0.29, 0.717) is 37.1 Å². The maximum atomic E-state index is 12.1. The summed E-state index contributed by atoms with van der Waals surface area (Å²) in [5.74, 6) is 2.46. The number of carbonyl (C=O) groups excluding carboxylic acids is 2. The molecule has 1 aliphatic heterocycles. The molecule has 0 aromatic heterocycles. The fraction of sp³-hybridized carbons (Fsp3) is 0.500. The van der Waals surface area contributed by atoms with Gasteiger partial charge in [-0.25, -0.2) is 4.79 Å². The lowest BCUT2D eigenvalue weighted by molar-refractivity contribution is -0.866. The van der Waals surface area contributed by atoms with Crippen LogP contribution >= 0.6 is 0 Å². The Morgan fingerprint density at radius 3 is 2.52 bits per heavy atom. The van der Waals surface area contributed by atoms with Crippen LogP contribution in [0.2, 0.25) is 0 Å². The highest BCUT2D eigenvalue weighted by Crippen LogP contribution is 2.17. The van der Waals surface area contributed by atoms with Crippen molar-refractivity contribution < 1.29 is 14.1 Å². The topological polar surface area (TPSA) is 49.4 Å². The molecule has 1 aliphatic rings. The first-order valence-corrected chi connectivity index (χ1v) is 7.00. The minimum absolute atomic E-state index is 0.190. The number of urea groups is 1. The number of nitrogens with one attached hydrogen (secondary N) is 1. The quantitative estimate of drug-likeness (QED) is 0.319. The van der Waals surface area contributed by atoms with Crippen molar-refractivity contribution in [3.05, 3.63) is 25.4 Å². The van der Waals surface area contributed by atoms with Crippen molar-refractivity contribution in [2.75, 3.05) is 26.2 Å². The van der Waals surface area contributed by atoms with Gasteiger partial charge in [0.25, 0.3) is 5.91 Å². The summed E-state index contributed by atoms with van der Waals surface area (Å²) in [6.07, 6.45) is 9.69. The zero-order valence-electron chi connectivity index (χ0n) is 12.9. The maximum Gasteiger partial charge on any atom is 0.325 e. The first kappa shape index (κ1) is 17.0. The van der Waals surface area contributed by atoms with Gasteiger partial charge in [-0.2, -0.15) is 0 Å². The molecule has 0 spiro atoms. The molecule has 1 unspecified atom stereocenters. The van der Waals surface area contributed by atoms with E-state index in [0.717, 1.165) is 0 Å². The molecule has 5 nitrogen and oxygen atoms in total. The fourth-order valence-corrected chi connectivity index (χ4v) is 2.47. The molecule has 0 aromatic rings. The Kier molecular flexibility index (Phi) is 5.34. The normalized spacial score (nSPS) is 19.6. The van der Waals surface area contributed by atoms with Gasteiger partial charge >= 0.3 is 6.03 Å². The second-order valence-electron chi connectivity index (χ2n) is 5.82. The molecule has 0 saturated carbocycles. The average molecular weight is 290 g/mol. The van der Waals surface area contributed by atoms with E-state index in [1.54, 1.807) is 26.1 Å². The van der Waals surface area contributed by atoms with E-state index in [1.807, 2.05) is 0 Å². The molecule has 0 aliphatic carbocycles. The number of terminal acetylenes is 1. The Bertz CT molecular complexity index is 490. The van der Waals surface area contributed by atoms with Crippen LogP contribution in [-0.2, 0) is 4.79 Å². The molecule has 3 amide bonds. The van der Waals surface area contributed by atoms with Gasteiger partial charge in [0, 0.05) is 13.0 Å².